The van der Waals surface area contributed by atoms with Gasteiger partial charge in [-0.15, -0.1) is 0 Å². The number of rotatable bonds is 5. The van der Waals surface area contributed by atoms with Gasteiger partial charge in [0.1, 0.15) is 5.75 Å². The summed E-state index contributed by atoms with van der Waals surface area (Å²) in [6.45, 7) is 11.9. The summed E-state index contributed by atoms with van der Waals surface area (Å²) in [4.78, 5) is 29.5. The van der Waals surface area contributed by atoms with Gasteiger partial charge >= 0.3 is 0 Å². The number of likely N-dealkylation sites (tertiary alicyclic amines) is 1. The van der Waals surface area contributed by atoms with Crippen molar-refractivity contribution in [2.45, 2.75) is 53.5 Å². The minimum absolute atomic E-state index is 0.00756. The Labute approximate surface area is 163 Å². The van der Waals surface area contributed by atoms with Gasteiger partial charge < -0.3 is 14.5 Å². The lowest BCUT2D eigenvalue weighted by molar-refractivity contribution is -0.145. The molecule has 0 bridgehead atoms. The zero-order valence-corrected chi connectivity index (χ0v) is 17.6. The van der Waals surface area contributed by atoms with Gasteiger partial charge in [0.2, 0.25) is 11.8 Å². The molecule has 1 aliphatic heterocycles. The highest BCUT2D eigenvalue weighted by atomic mass is 16.5. The van der Waals surface area contributed by atoms with E-state index in [-0.39, 0.29) is 29.2 Å². The molecule has 1 fully saturated rings. The van der Waals surface area contributed by atoms with Gasteiger partial charge in [0.25, 0.3) is 0 Å². The highest BCUT2D eigenvalue weighted by Crippen LogP contribution is 2.29. The lowest BCUT2D eigenvalue weighted by atomic mass is 9.90. The van der Waals surface area contributed by atoms with E-state index in [0.717, 1.165) is 24.2 Å². The predicted octanol–water partition coefficient (Wildman–Crippen LogP) is 3.89. The van der Waals surface area contributed by atoms with Crippen molar-refractivity contribution in [1.29, 1.82) is 0 Å². The topological polar surface area (TPSA) is 49.9 Å². The second-order valence-electron chi connectivity index (χ2n) is 8.39. The van der Waals surface area contributed by atoms with Crippen LogP contribution >= 0.6 is 0 Å². The van der Waals surface area contributed by atoms with E-state index >= 15 is 0 Å². The van der Waals surface area contributed by atoms with Gasteiger partial charge in [-0.1, -0.05) is 32.9 Å². The summed E-state index contributed by atoms with van der Waals surface area (Å²) < 4.78 is 5.32. The van der Waals surface area contributed by atoms with E-state index in [1.165, 1.54) is 0 Å². The fourth-order valence-electron chi connectivity index (χ4n) is 3.74. The molecule has 5 nitrogen and oxygen atoms in total. The monoisotopic (exact) mass is 374 g/mol. The third kappa shape index (κ3) is 5.02. The Bertz CT molecular complexity index is 658. The molecule has 0 radical (unpaired) electrons. The molecule has 1 saturated heterocycles. The van der Waals surface area contributed by atoms with E-state index in [4.69, 9.17) is 4.74 Å². The Morgan fingerprint density at radius 3 is 2.41 bits per heavy atom. The van der Waals surface area contributed by atoms with Crippen LogP contribution in [0.15, 0.2) is 24.3 Å². The van der Waals surface area contributed by atoms with Crippen molar-refractivity contribution in [2.24, 2.45) is 11.3 Å². The number of piperidine rings is 1. The number of hydrogen-bond acceptors (Lipinski definition) is 3. The summed E-state index contributed by atoms with van der Waals surface area (Å²) in [5.41, 5.74) is 0.706. The fraction of sp³-hybridized carbons (Fsp3) is 0.636. The van der Waals surface area contributed by atoms with Crippen LogP contribution < -0.4 is 4.74 Å². The average Bonchev–Trinajstić information content (AvgIpc) is 2.67. The molecule has 1 aromatic carbocycles. The van der Waals surface area contributed by atoms with Gasteiger partial charge in [0, 0.05) is 31.0 Å². The first-order valence-electron chi connectivity index (χ1n) is 9.92. The van der Waals surface area contributed by atoms with Gasteiger partial charge in [0.15, 0.2) is 0 Å². The van der Waals surface area contributed by atoms with E-state index in [1.807, 2.05) is 61.8 Å². The summed E-state index contributed by atoms with van der Waals surface area (Å²) in [5, 5.41) is 0. The predicted molar refractivity (Wildman–Crippen MR) is 108 cm³/mol. The minimum Gasteiger partial charge on any atom is -0.497 e. The average molecular weight is 375 g/mol. The van der Waals surface area contributed by atoms with Gasteiger partial charge in [-0.2, -0.15) is 0 Å². The quantitative estimate of drug-likeness (QED) is 0.786. The number of carbonyl (C=O) groups is 2. The number of ether oxygens (including phenoxy) is 1. The smallest absolute Gasteiger partial charge is 0.227 e. The van der Waals surface area contributed by atoms with E-state index in [9.17, 15) is 9.59 Å². The van der Waals surface area contributed by atoms with Crippen LogP contribution in [0.2, 0.25) is 0 Å². The van der Waals surface area contributed by atoms with Crippen molar-refractivity contribution in [3.63, 3.8) is 0 Å². The van der Waals surface area contributed by atoms with Gasteiger partial charge in [-0.05, 0) is 44.4 Å². The van der Waals surface area contributed by atoms with Crippen LogP contribution in [0.1, 0.15) is 59.1 Å². The van der Waals surface area contributed by atoms with Crippen LogP contribution in [0.3, 0.4) is 0 Å². The highest BCUT2D eigenvalue weighted by Gasteiger charge is 2.34. The third-order valence-corrected chi connectivity index (χ3v) is 5.44. The van der Waals surface area contributed by atoms with Crippen LogP contribution in [0, 0.1) is 11.3 Å². The number of benzene rings is 1. The maximum Gasteiger partial charge on any atom is 0.227 e. The molecule has 0 aromatic heterocycles. The summed E-state index contributed by atoms with van der Waals surface area (Å²) in [6, 6.07) is 7.89. The highest BCUT2D eigenvalue weighted by molar-refractivity contribution is 5.83. The van der Waals surface area contributed by atoms with Crippen LogP contribution in [-0.2, 0) is 9.59 Å². The van der Waals surface area contributed by atoms with Crippen molar-refractivity contribution in [3.8, 4) is 5.75 Å². The fourth-order valence-corrected chi connectivity index (χ4v) is 3.74. The maximum atomic E-state index is 13.2. The minimum atomic E-state index is -0.368. The molecule has 0 N–H and O–H groups in total. The van der Waals surface area contributed by atoms with E-state index in [0.29, 0.717) is 19.6 Å². The van der Waals surface area contributed by atoms with Crippen molar-refractivity contribution < 1.29 is 14.3 Å². The summed E-state index contributed by atoms with van der Waals surface area (Å²) >= 11 is 0. The molecule has 5 heteroatoms. The number of hydrogen-bond donors (Lipinski definition) is 0. The summed E-state index contributed by atoms with van der Waals surface area (Å²) in [7, 11) is 1.65. The molecule has 150 valence electrons. The van der Waals surface area contributed by atoms with Crippen molar-refractivity contribution in [1.82, 2.24) is 9.80 Å². The zero-order valence-electron chi connectivity index (χ0n) is 17.6. The molecule has 1 atom stereocenters. The lowest BCUT2D eigenvalue weighted by Gasteiger charge is -2.38. The normalized spacial score (nSPS) is 16.7. The van der Waals surface area contributed by atoms with Gasteiger partial charge in [0.05, 0.1) is 13.2 Å². The van der Waals surface area contributed by atoms with Crippen LogP contribution in [-0.4, -0.2) is 48.4 Å². The third-order valence-electron chi connectivity index (χ3n) is 5.44. The number of carbonyl (C=O) groups excluding carboxylic acids is 2. The molecule has 0 aliphatic carbocycles. The Hall–Kier alpha value is -2.04. The Kier molecular flexibility index (Phi) is 6.90. The molecule has 1 aromatic rings. The standard InChI is InChI=1S/C22H34N2O3/c1-7-24(16(2)18-9-8-10-19(15-18)27-6)20(25)17-11-13-23(14-12-17)21(26)22(3,4)5/h8-10,15-17H,7,11-14H2,1-6H3. The first-order valence-corrected chi connectivity index (χ1v) is 9.92. The Morgan fingerprint density at radius 1 is 1.26 bits per heavy atom. The number of methoxy groups -OCH3 is 1. The molecule has 2 rings (SSSR count). The molecule has 0 spiro atoms. The van der Waals surface area contributed by atoms with E-state index in [2.05, 4.69) is 6.92 Å². The van der Waals surface area contributed by atoms with Crippen molar-refractivity contribution >= 4 is 11.8 Å². The molecular formula is C22H34N2O3. The SMILES string of the molecule is CCN(C(=O)C1CCN(C(=O)C(C)(C)C)CC1)C(C)c1cccc(OC)c1. The summed E-state index contributed by atoms with van der Waals surface area (Å²) in [6.07, 6.45) is 1.48. The largest absolute Gasteiger partial charge is 0.497 e. The second-order valence-corrected chi connectivity index (χ2v) is 8.39. The van der Waals surface area contributed by atoms with Crippen LogP contribution in [0.4, 0.5) is 0 Å². The van der Waals surface area contributed by atoms with E-state index in [1.54, 1.807) is 7.11 Å². The number of amides is 2. The molecular weight excluding hydrogens is 340 g/mol. The lowest BCUT2D eigenvalue weighted by Crippen LogP contribution is -2.47. The molecule has 1 aliphatic rings. The first-order chi connectivity index (χ1) is 12.7. The van der Waals surface area contributed by atoms with Crippen molar-refractivity contribution in [3.05, 3.63) is 29.8 Å². The number of nitrogens with zero attached hydrogens (tertiary/aromatic N) is 2. The second kappa shape index (κ2) is 8.77. The van der Waals surface area contributed by atoms with Gasteiger partial charge in [-0.25, -0.2) is 0 Å². The van der Waals surface area contributed by atoms with Crippen LogP contribution in [0.5, 0.6) is 5.75 Å². The molecule has 1 unspecified atom stereocenters. The molecule has 27 heavy (non-hydrogen) atoms. The van der Waals surface area contributed by atoms with Crippen molar-refractivity contribution in [2.75, 3.05) is 26.7 Å². The zero-order chi connectivity index (χ0) is 20.2. The summed E-state index contributed by atoms with van der Waals surface area (Å²) in [5.74, 6) is 1.15. The molecule has 0 saturated carbocycles. The molecule has 2 amide bonds. The Balaban J connectivity index is 2.04. The van der Waals surface area contributed by atoms with Gasteiger partial charge in [-0.3, -0.25) is 9.59 Å². The molecule has 1 heterocycles. The van der Waals surface area contributed by atoms with Crippen LogP contribution in [0.25, 0.3) is 0 Å². The maximum absolute atomic E-state index is 13.2. The van der Waals surface area contributed by atoms with E-state index < -0.39 is 0 Å². The Morgan fingerprint density at radius 2 is 1.89 bits per heavy atom. The first kappa shape index (κ1) is 21.3.